The molecule has 1 heterocycles. The summed E-state index contributed by atoms with van der Waals surface area (Å²) >= 11 is 0. The molecule has 0 saturated carbocycles. The van der Waals surface area contributed by atoms with Gasteiger partial charge in [0.1, 0.15) is 0 Å². The summed E-state index contributed by atoms with van der Waals surface area (Å²) in [5, 5.41) is 5.81. The molecule has 0 atom stereocenters. The molecule has 0 radical (unpaired) electrons. The first-order valence-electron chi connectivity index (χ1n) is 2.10. The fourth-order valence-corrected chi connectivity index (χ4v) is 0.361. The molecule has 1 aliphatic rings. The second-order valence-corrected chi connectivity index (χ2v) is 1.31. The molecule has 0 unspecified atom stereocenters. The lowest BCUT2D eigenvalue weighted by atomic mass is 10.6. The SMILES string of the molecule is NN1C=CC=NN1N. The predicted octanol–water partition coefficient (Wildman–Crippen LogP) is -1.23. The van der Waals surface area contributed by atoms with Crippen molar-refractivity contribution in [1.29, 1.82) is 0 Å². The minimum atomic E-state index is 1.03. The Kier molecular flexibility index (Phi) is 1.15. The van der Waals surface area contributed by atoms with Crippen LogP contribution in [0.5, 0.6) is 0 Å². The van der Waals surface area contributed by atoms with Gasteiger partial charge in [-0.1, -0.05) is 0 Å². The molecular weight excluding hydrogens is 106 g/mol. The highest BCUT2D eigenvalue weighted by molar-refractivity contribution is 5.70. The van der Waals surface area contributed by atoms with Crippen molar-refractivity contribution in [2.75, 3.05) is 0 Å². The second-order valence-electron chi connectivity index (χ2n) is 1.31. The molecule has 5 heteroatoms. The summed E-state index contributed by atoms with van der Waals surface area (Å²) in [5.74, 6) is 10.4. The van der Waals surface area contributed by atoms with E-state index in [0.717, 1.165) is 5.23 Å². The van der Waals surface area contributed by atoms with Crippen molar-refractivity contribution in [2.24, 2.45) is 16.8 Å². The molecule has 5 nitrogen and oxygen atoms in total. The van der Waals surface area contributed by atoms with Gasteiger partial charge in [0.2, 0.25) is 0 Å². The Hall–Kier alpha value is -1.07. The van der Waals surface area contributed by atoms with Crippen LogP contribution < -0.4 is 11.7 Å². The summed E-state index contributed by atoms with van der Waals surface area (Å²) in [6.45, 7) is 0. The van der Waals surface area contributed by atoms with Crippen LogP contribution in [0.25, 0.3) is 0 Å². The quantitative estimate of drug-likeness (QED) is 0.386. The van der Waals surface area contributed by atoms with E-state index in [2.05, 4.69) is 5.10 Å². The monoisotopic (exact) mass is 113 g/mol. The maximum Gasteiger partial charge on any atom is 0.0523 e. The number of hydrogen-bond donors (Lipinski definition) is 2. The number of nitrogens with two attached hydrogens (primary N) is 2. The van der Waals surface area contributed by atoms with Crippen LogP contribution >= 0.6 is 0 Å². The lowest BCUT2D eigenvalue weighted by Crippen LogP contribution is -2.46. The van der Waals surface area contributed by atoms with Gasteiger partial charge in [0.05, 0.1) is 6.21 Å². The van der Waals surface area contributed by atoms with Crippen molar-refractivity contribution >= 4 is 6.21 Å². The Bertz CT molecular complexity index is 112. The van der Waals surface area contributed by atoms with Crippen molar-refractivity contribution in [1.82, 2.24) is 10.3 Å². The normalized spacial score (nSPS) is 17.8. The van der Waals surface area contributed by atoms with Gasteiger partial charge in [0.15, 0.2) is 0 Å². The summed E-state index contributed by atoms with van der Waals surface area (Å²) in [7, 11) is 0. The highest BCUT2D eigenvalue weighted by Gasteiger charge is 1.97. The van der Waals surface area contributed by atoms with E-state index in [1.807, 2.05) is 0 Å². The van der Waals surface area contributed by atoms with Gasteiger partial charge >= 0.3 is 0 Å². The van der Waals surface area contributed by atoms with Crippen molar-refractivity contribution in [3.05, 3.63) is 12.3 Å². The third kappa shape index (κ3) is 0.772. The average Bonchev–Trinajstić information content (AvgIpc) is 1.77. The topological polar surface area (TPSA) is 70.9 Å². The van der Waals surface area contributed by atoms with Crippen LogP contribution in [0.4, 0.5) is 0 Å². The minimum Gasteiger partial charge on any atom is -0.226 e. The third-order valence-corrected chi connectivity index (χ3v) is 0.746. The van der Waals surface area contributed by atoms with Crippen molar-refractivity contribution in [2.45, 2.75) is 0 Å². The minimum absolute atomic E-state index is 1.03. The highest BCUT2D eigenvalue weighted by Crippen LogP contribution is 1.88. The molecule has 0 amide bonds. The first-order chi connectivity index (χ1) is 3.80. The Morgan fingerprint density at radius 3 is 2.50 bits per heavy atom. The van der Waals surface area contributed by atoms with Crippen LogP contribution in [-0.2, 0) is 0 Å². The number of hydrogen-bond acceptors (Lipinski definition) is 5. The fourth-order valence-electron chi connectivity index (χ4n) is 0.361. The summed E-state index contributed by atoms with van der Waals surface area (Å²) in [6, 6.07) is 0. The van der Waals surface area contributed by atoms with Gasteiger partial charge in [-0.2, -0.15) is 5.12 Å². The predicted molar refractivity (Wildman–Crippen MR) is 29.7 cm³/mol. The largest absolute Gasteiger partial charge is 0.226 e. The van der Waals surface area contributed by atoms with Gasteiger partial charge in [-0.05, 0) is 6.08 Å². The van der Waals surface area contributed by atoms with E-state index in [4.69, 9.17) is 11.7 Å². The Balaban J connectivity index is 2.59. The molecule has 0 saturated heterocycles. The molecule has 1 aliphatic heterocycles. The van der Waals surface area contributed by atoms with Crippen molar-refractivity contribution in [3.63, 3.8) is 0 Å². The zero-order chi connectivity index (χ0) is 5.98. The Morgan fingerprint density at radius 1 is 1.38 bits per heavy atom. The van der Waals surface area contributed by atoms with Gasteiger partial charge in [-0.15, -0.1) is 10.3 Å². The molecule has 0 aromatic rings. The molecule has 0 aliphatic carbocycles. The molecule has 4 N–H and O–H groups in total. The second kappa shape index (κ2) is 1.81. The van der Waals surface area contributed by atoms with E-state index in [1.165, 1.54) is 5.12 Å². The van der Waals surface area contributed by atoms with Crippen LogP contribution in [0.1, 0.15) is 0 Å². The average molecular weight is 113 g/mol. The van der Waals surface area contributed by atoms with Gasteiger partial charge in [0, 0.05) is 6.20 Å². The molecular formula is C3H7N5. The molecule has 0 aromatic carbocycles. The maximum atomic E-state index is 5.21. The molecule has 8 heavy (non-hydrogen) atoms. The van der Waals surface area contributed by atoms with Crippen LogP contribution in [0.3, 0.4) is 0 Å². The number of hydrazine groups is 3. The first kappa shape index (κ1) is 5.07. The molecule has 1 rings (SSSR count). The number of nitrogens with zero attached hydrogens (tertiary/aromatic N) is 3. The molecule has 0 fully saturated rings. The van der Waals surface area contributed by atoms with Gasteiger partial charge in [0.25, 0.3) is 0 Å². The number of rotatable bonds is 0. The van der Waals surface area contributed by atoms with E-state index >= 15 is 0 Å². The maximum absolute atomic E-state index is 5.21. The summed E-state index contributed by atoms with van der Waals surface area (Å²) < 4.78 is 0. The van der Waals surface area contributed by atoms with Gasteiger partial charge in [-0.3, -0.25) is 0 Å². The van der Waals surface area contributed by atoms with E-state index in [1.54, 1.807) is 18.5 Å². The highest BCUT2D eigenvalue weighted by atomic mass is 15.9. The lowest BCUT2D eigenvalue weighted by molar-refractivity contribution is 0.0209. The van der Waals surface area contributed by atoms with E-state index < -0.39 is 0 Å². The van der Waals surface area contributed by atoms with Crippen LogP contribution in [0, 0.1) is 0 Å². The molecule has 0 aromatic heterocycles. The smallest absolute Gasteiger partial charge is 0.0523 e. The van der Waals surface area contributed by atoms with E-state index in [9.17, 15) is 0 Å². The van der Waals surface area contributed by atoms with Crippen molar-refractivity contribution < 1.29 is 0 Å². The fraction of sp³-hybridized carbons (Fsp3) is 0. The van der Waals surface area contributed by atoms with E-state index in [0.29, 0.717) is 0 Å². The third-order valence-electron chi connectivity index (χ3n) is 0.746. The summed E-state index contributed by atoms with van der Waals surface area (Å²) in [4.78, 5) is 0. The standard InChI is InChI=1S/C3H7N5/c4-7-3-1-2-6-8(7)5/h1-3H,4-5H2. The van der Waals surface area contributed by atoms with Crippen LogP contribution in [-0.4, -0.2) is 16.6 Å². The summed E-state index contributed by atoms with van der Waals surface area (Å²) in [5.41, 5.74) is 0. The van der Waals surface area contributed by atoms with E-state index in [-0.39, 0.29) is 0 Å². The lowest BCUT2D eigenvalue weighted by Gasteiger charge is -2.22. The number of hydrazone groups is 1. The summed E-state index contributed by atoms with van der Waals surface area (Å²) in [6.07, 6.45) is 4.82. The van der Waals surface area contributed by atoms with Crippen LogP contribution in [0.2, 0.25) is 0 Å². The Labute approximate surface area is 46.7 Å². The zero-order valence-electron chi connectivity index (χ0n) is 4.23. The van der Waals surface area contributed by atoms with Gasteiger partial charge < -0.3 is 0 Å². The van der Waals surface area contributed by atoms with Crippen molar-refractivity contribution in [3.8, 4) is 0 Å². The Morgan fingerprint density at radius 2 is 2.12 bits per heavy atom. The van der Waals surface area contributed by atoms with Crippen LogP contribution in [0.15, 0.2) is 17.4 Å². The van der Waals surface area contributed by atoms with Gasteiger partial charge in [-0.25, -0.2) is 11.7 Å². The molecule has 44 valence electrons. The first-order valence-corrected chi connectivity index (χ1v) is 2.10. The molecule has 0 bridgehead atoms. The number of allylic oxidation sites excluding steroid dienone is 1. The molecule has 0 spiro atoms. The zero-order valence-corrected chi connectivity index (χ0v) is 4.23.